The molecule has 0 aromatic heterocycles. The fourth-order valence-corrected chi connectivity index (χ4v) is 7.47. The Morgan fingerprint density at radius 1 is 0.452 bits per heavy atom. The van der Waals surface area contributed by atoms with E-state index >= 15 is 0 Å². The number of hydrogen-bond acceptors (Lipinski definition) is 9. The predicted molar refractivity (Wildman–Crippen MR) is 256 cm³/mol. The van der Waals surface area contributed by atoms with Crippen LogP contribution in [0.15, 0.2) is 60.8 Å². The summed E-state index contributed by atoms with van der Waals surface area (Å²) in [6.45, 7) is 2.10. The van der Waals surface area contributed by atoms with Crippen LogP contribution in [-0.4, -0.2) is 65.7 Å². The Bertz CT molecular complexity index is 1210. The summed E-state index contributed by atoms with van der Waals surface area (Å²) in [5.41, 5.74) is 0. The molecule has 0 aliphatic carbocycles. The quantitative estimate of drug-likeness (QED) is 0.0233. The Labute approximate surface area is 378 Å². The largest absolute Gasteiger partial charge is 0.472 e. The van der Waals surface area contributed by atoms with Crippen LogP contribution in [0.25, 0.3) is 0 Å². The molecule has 0 saturated heterocycles. The first-order valence-electron chi connectivity index (χ1n) is 24.7. The number of esters is 2. The highest BCUT2D eigenvalue weighted by Gasteiger charge is 2.27. The van der Waals surface area contributed by atoms with E-state index in [1.165, 1.54) is 83.5 Å². The normalized spacial score (nSPS) is 14.2. The maximum absolute atomic E-state index is 12.4. The van der Waals surface area contributed by atoms with Gasteiger partial charge < -0.3 is 24.6 Å². The van der Waals surface area contributed by atoms with Crippen LogP contribution in [0.5, 0.6) is 0 Å². The van der Waals surface area contributed by atoms with Gasteiger partial charge in [0.25, 0.3) is 0 Å². The number of ether oxygens (including phenoxy) is 2. The fourth-order valence-electron chi connectivity index (χ4n) is 6.69. The van der Waals surface area contributed by atoms with Crippen molar-refractivity contribution in [3.05, 3.63) is 60.8 Å². The molecule has 0 radical (unpaired) electrons. The van der Waals surface area contributed by atoms with Gasteiger partial charge in [0.05, 0.1) is 26.4 Å². The molecule has 10 nitrogen and oxygen atoms in total. The molecule has 0 rings (SSSR count). The second-order valence-corrected chi connectivity index (χ2v) is 17.9. The zero-order chi connectivity index (χ0) is 45.5. The molecule has 0 fully saturated rings. The van der Waals surface area contributed by atoms with Crippen LogP contribution in [0.2, 0.25) is 0 Å². The van der Waals surface area contributed by atoms with Gasteiger partial charge >= 0.3 is 19.8 Å². The maximum Gasteiger partial charge on any atom is 0.472 e. The van der Waals surface area contributed by atoms with Crippen LogP contribution >= 0.6 is 7.82 Å². The van der Waals surface area contributed by atoms with Crippen molar-refractivity contribution in [3.63, 3.8) is 0 Å². The fraction of sp³-hybridized carbons (Fsp3) is 0.765. The molecule has 11 heteroatoms. The number of aliphatic hydroxyl groups is 2. The van der Waals surface area contributed by atoms with E-state index in [4.69, 9.17) is 18.5 Å². The summed E-state index contributed by atoms with van der Waals surface area (Å²) in [7, 11) is -4.65. The summed E-state index contributed by atoms with van der Waals surface area (Å²) < 4.78 is 32.7. The Balaban J connectivity index is 3.87. The second kappa shape index (κ2) is 46.7. The molecular weight excluding hydrogens is 804 g/mol. The molecule has 360 valence electrons. The molecule has 3 unspecified atom stereocenters. The third-order valence-electron chi connectivity index (χ3n) is 10.5. The lowest BCUT2D eigenvalue weighted by atomic mass is 10.0. The van der Waals surface area contributed by atoms with Gasteiger partial charge in [-0.05, 0) is 77.0 Å². The number of carbonyl (C=O) groups is 2. The Hall–Kier alpha value is -2.33. The van der Waals surface area contributed by atoms with Gasteiger partial charge in [0.2, 0.25) is 0 Å². The van der Waals surface area contributed by atoms with Crippen LogP contribution < -0.4 is 0 Å². The number of phosphoric acid groups is 1. The van der Waals surface area contributed by atoms with E-state index < -0.39 is 58.4 Å². The van der Waals surface area contributed by atoms with Crippen LogP contribution in [0.3, 0.4) is 0 Å². The summed E-state index contributed by atoms with van der Waals surface area (Å²) >= 11 is 0. The van der Waals surface area contributed by atoms with Crippen LogP contribution in [0, 0.1) is 0 Å². The van der Waals surface area contributed by atoms with E-state index in [0.717, 1.165) is 89.9 Å². The van der Waals surface area contributed by atoms with Crippen molar-refractivity contribution in [1.82, 2.24) is 0 Å². The zero-order valence-corrected chi connectivity index (χ0v) is 40.2. The number of phosphoric ester groups is 1. The lowest BCUT2D eigenvalue weighted by Gasteiger charge is -2.20. The summed E-state index contributed by atoms with van der Waals surface area (Å²) in [6, 6.07) is 0. The van der Waals surface area contributed by atoms with Crippen LogP contribution in [0.4, 0.5) is 0 Å². The molecular formula is C51H91O10P. The van der Waals surface area contributed by atoms with Gasteiger partial charge in [-0.25, -0.2) is 4.57 Å². The van der Waals surface area contributed by atoms with Crippen molar-refractivity contribution in [3.8, 4) is 0 Å². The lowest BCUT2D eigenvalue weighted by molar-refractivity contribution is -0.153. The molecule has 0 saturated carbocycles. The molecule has 0 aromatic rings. The summed E-state index contributed by atoms with van der Waals surface area (Å²) in [5.74, 6) is -1.03. The predicted octanol–water partition coefficient (Wildman–Crippen LogP) is 13.8. The van der Waals surface area contributed by atoms with Gasteiger partial charge in [-0.2, -0.15) is 0 Å². The Kier molecular flexibility index (Phi) is 44.9. The molecule has 0 amide bonds. The maximum atomic E-state index is 12.4. The molecule has 3 atom stereocenters. The minimum Gasteiger partial charge on any atom is -0.457 e. The van der Waals surface area contributed by atoms with Gasteiger partial charge in [-0.3, -0.25) is 18.6 Å². The van der Waals surface area contributed by atoms with Crippen molar-refractivity contribution >= 4 is 19.8 Å². The van der Waals surface area contributed by atoms with Gasteiger partial charge in [-0.15, -0.1) is 0 Å². The number of unbranched alkanes of at least 4 members (excludes halogenated alkanes) is 22. The van der Waals surface area contributed by atoms with Crippen LogP contribution in [-0.2, 0) is 32.7 Å². The topological polar surface area (TPSA) is 149 Å². The van der Waals surface area contributed by atoms with E-state index in [1.807, 2.05) is 0 Å². The molecule has 0 aliphatic rings. The first-order chi connectivity index (χ1) is 30.3. The van der Waals surface area contributed by atoms with E-state index in [9.17, 15) is 29.3 Å². The SMILES string of the molecule is CC/C=C\C/C=C\C/C=C\C/C=C\CCCCCCCCCCCCC(=O)OC(CO)COP(=O)(O)OCC(CO)OC(=O)CCCCCCC/C=C\CCCCCCCCC. The summed E-state index contributed by atoms with van der Waals surface area (Å²) in [6.07, 6.45) is 53.3. The van der Waals surface area contributed by atoms with Gasteiger partial charge in [0.1, 0.15) is 12.2 Å². The highest BCUT2D eigenvalue weighted by atomic mass is 31.2. The van der Waals surface area contributed by atoms with Crippen molar-refractivity contribution in [2.75, 3.05) is 26.4 Å². The third-order valence-corrected chi connectivity index (χ3v) is 11.4. The standard InChI is InChI=1S/C51H91O10P/c1-3-5-7-9-11-13-15-17-19-21-22-23-24-25-26-27-29-31-33-35-37-39-41-43-51(55)61-49(45-53)47-59-62(56,57)58-46-48(44-52)60-50(54)42-40-38-36-34-32-30-28-20-18-16-14-12-10-8-6-4-2/h5,7,11,13,17,19-20,22-23,28,48-49,52-53H,3-4,6,8-10,12,14-16,18,21,24-27,29-47H2,1-2H3,(H,56,57)/b7-5-,13-11-,19-17-,23-22-,28-20-. The highest BCUT2D eigenvalue weighted by Crippen LogP contribution is 2.43. The molecule has 0 heterocycles. The number of hydrogen-bond donors (Lipinski definition) is 3. The molecule has 0 spiro atoms. The van der Waals surface area contributed by atoms with Crippen molar-refractivity contribution in [2.24, 2.45) is 0 Å². The van der Waals surface area contributed by atoms with Crippen LogP contribution in [0.1, 0.15) is 213 Å². The number of carbonyl (C=O) groups excluding carboxylic acids is 2. The van der Waals surface area contributed by atoms with Gasteiger partial charge in [0.15, 0.2) is 0 Å². The van der Waals surface area contributed by atoms with E-state index in [0.29, 0.717) is 12.8 Å². The minimum absolute atomic E-state index is 0.181. The average molecular weight is 895 g/mol. The Morgan fingerprint density at radius 3 is 1.11 bits per heavy atom. The first kappa shape index (κ1) is 59.7. The molecule has 3 N–H and O–H groups in total. The minimum atomic E-state index is -4.65. The average Bonchev–Trinajstić information content (AvgIpc) is 3.26. The van der Waals surface area contributed by atoms with Gasteiger partial charge in [0, 0.05) is 12.8 Å². The molecule has 0 bridgehead atoms. The third kappa shape index (κ3) is 44.3. The lowest BCUT2D eigenvalue weighted by Crippen LogP contribution is -2.28. The van der Waals surface area contributed by atoms with E-state index in [1.54, 1.807) is 0 Å². The number of rotatable bonds is 46. The van der Waals surface area contributed by atoms with E-state index in [2.05, 4.69) is 74.6 Å². The second-order valence-electron chi connectivity index (χ2n) is 16.4. The highest BCUT2D eigenvalue weighted by molar-refractivity contribution is 7.47. The summed E-state index contributed by atoms with van der Waals surface area (Å²) in [4.78, 5) is 34.6. The van der Waals surface area contributed by atoms with Gasteiger partial charge in [-0.1, -0.05) is 184 Å². The monoisotopic (exact) mass is 895 g/mol. The summed E-state index contributed by atoms with van der Waals surface area (Å²) in [5, 5.41) is 19.2. The van der Waals surface area contributed by atoms with Crippen molar-refractivity contribution in [1.29, 1.82) is 0 Å². The zero-order valence-electron chi connectivity index (χ0n) is 39.3. The number of aliphatic hydroxyl groups excluding tert-OH is 2. The molecule has 62 heavy (non-hydrogen) atoms. The number of allylic oxidation sites excluding steroid dienone is 10. The first-order valence-corrected chi connectivity index (χ1v) is 26.2. The van der Waals surface area contributed by atoms with Crippen molar-refractivity contribution < 1.29 is 47.8 Å². The smallest absolute Gasteiger partial charge is 0.457 e. The molecule has 0 aliphatic heterocycles. The Morgan fingerprint density at radius 2 is 0.758 bits per heavy atom. The van der Waals surface area contributed by atoms with E-state index in [-0.39, 0.29) is 12.8 Å². The van der Waals surface area contributed by atoms with Crippen molar-refractivity contribution in [2.45, 2.75) is 225 Å². The molecule has 0 aromatic carbocycles.